The molecule has 0 saturated heterocycles. The van der Waals surface area contributed by atoms with Gasteiger partial charge in [-0.1, -0.05) is 31.5 Å². The summed E-state index contributed by atoms with van der Waals surface area (Å²) in [7, 11) is -1.99. The van der Waals surface area contributed by atoms with Crippen LogP contribution in [0.5, 0.6) is 0 Å². The topological polar surface area (TPSA) is 57.7 Å². The number of carbonyl (C=O) groups is 1. The molecular formula is C14H19ClN2O3S. The number of hydrogen-bond acceptors (Lipinski definition) is 3. The van der Waals surface area contributed by atoms with E-state index in [9.17, 15) is 13.2 Å². The zero-order chi connectivity index (χ0) is 16.0. The molecule has 0 aromatic heterocycles. The van der Waals surface area contributed by atoms with Gasteiger partial charge in [-0.25, -0.2) is 8.42 Å². The van der Waals surface area contributed by atoms with E-state index in [1.54, 1.807) is 17.0 Å². The smallest absolute Gasteiger partial charge is 0.242 e. The molecule has 1 aromatic carbocycles. The van der Waals surface area contributed by atoms with Crippen LogP contribution in [0.3, 0.4) is 0 Å². The van der Waals surface area contributed by atoms with Crippen molar-refractivity contribution in [1.29, 1.82) is 0 Å². The molecule has 5 nitrogen and oxygen atoms in total. The van der Waals surface area contributed by atoms with Gasteiger partial charge in [0, 0.05) is 35.3 Å². The van der Waals surface area contributed by atoms with Crippen LogP contribution in [-0.2, 0) is 20.2 Å². The fourth-order valence-corrected chi connectivity index (χ4v) is 3.35. The Hall–Kier alpha value is -1.11. The number of hydrogen-bond donors (Lipinski definition) is 0. The van der Waals surface area contributed by atoms with E-state index < -0.39 is 10.0 Å². The van der Waals surface area contributed by atoms with Gasteiger partial charge in [0.2, 0.25) is 15.9 Å². The highest BCUT2D eigenvalue weighted by Crippen LogP contribution is 2.44. The number of likely N-dealkylation sites (N-methyl/N-ethyl adjacent to an activating group) is 1. The average Bonchev–Trinajstić information content (AvgIpc) is 2.61. The second-order valence-corrected chi connectivity index (χ2v) is 8.51. The largest absolute Gasteiger partial charge is 0.310 e. The van der Waals surface area contributed by atoms with Crippen molar-refractivity contribution in [3.05, 3.63) is 28.8 Å². The summed E-state index contributed by atoms with van der Waals surface area (Å²) >= 11 is 6.26. The summed E-state index contributed by atoms with van der Waals surface area (Å²) in [6, 6.07) is 5.44. The molecule has 7 heteroatoms. The van der Waals surface area contributed by atoms with E-state index in [0.717, 1.165) is 21.8 Å². The van der Waals surface area contributed by atoms with E-state index >= 15 is 0 Å². The summed E-state index contributed by atoms with van der Waals surface area (Å²) in [5, 5.41) is 0.629. The standard InChI is InChI=1S/C14H19ClN2O3S/c1-14(2)9-17(11-7-5-6-10(15)13(11)14)12(18)8-16(3)21(4,19)20/h5-7H,8-9H2,1-4H3. The molecular weight excluding hydrogens is 312 g/mol. The summed E-state index contributed by atoms with van der Waals surface area (Å²) < 4.78 is 23.9. The highest BCUT2D eigenvalue weighted by molar-refractivity contribution is 7.88. The number of fused-ring (bicyclic) bond motifs is 1. The maximum Gasteiger partial charge on any atom is 0.242 e. The van der Waals surface area contributed by atoms with Gasteiger partial charge in [-0.05, 0) is 12.1 Å². The summed E-state index contributed by atoms with van der Waals surface area (Å²) in [5.74, 6) is -0.253. The summed E-state index contributed by atoms with van der Waals surface area (Å²) in [4.78, 5) is 14.1. The van der Waals surface area contributed by atoms with Crippen molar-refractivity contribution in [1.82, 2.24) is 4.31 Å². The van der Waals surface area contributed by atoms with Crippen molar-refractivity contribution in [3.8, 4) is 0 Å². The third-order valence-corrected chi connectivity index (χ3v) is 5.31. The van der Waals surface area contributed by atoms with Crippen molar-refractivity contribution < 1.29 is 13.2 Å². The third kappa shape index (κ3) is 3.07. The van der Waals surface area contributed by atoms with Gasteiger partial charge in [0.15, 0.2) is 0 Å². The Kier molecular flexibility index (Phi) is 4.08. The molecule has 0 radical (unpaired) electrons. The molecule has 0 fully saturated rings. The number of benzene rings is 1. The van der Waals surface area contributed by atoms with Crippen LogP contribution in [-0.4, -0.2) is 45.0 Å². The summed E-state index contributed by atoms with van der Waals surface area (Å²) in [6.45, 7) is 4.35. The maximum atomic E-state index is 12.4. The predicted molar refractivity (Wildman–Crippen MR) is 84.3 cm³/mol. The maximum absolute atomic E-state index is 12.4. The van der Waals surface area contributed by atoms with Gasteiger partial charge in [0.25, 0.3) is 0 Å². The van der Waals surface area contributed by atoms with Crippen LogP contribution in [0.1, 0.15) is 19.4 Å². The molecule has 116 valence electrons. The van der Waals surface area contributed by atoms with E-state index in [-0.39, 0.29) is 17.9 Å². The molecule has 0 aliphatic carbocycles. The molecule has 1 amide bonds. The van der Waals surface area contributed by atoms with Crippen molar-refractivity contribution in [2.45, 2.75) is 19.3 Å². The Morgan fingerprint density at radius 3 is 2.62 bits per heavy atom. The van der Waals surface area contributed by atoms with Gasteiger partial charge in [-0.2, -0.15) is 4.31 Å². The van der Waals surface area contributed by atoms with Crippen molar-refractivity contribution in [2.75, 3.05) is 31.3 Å². The van der Waals surface area contributed by atoms with Crippen LogP contribution in [0, 0.1) is 0 Å². The van der Waals surface area contributed by atoms with Gasteiger partial charge in [-0.15, -0.1) is 0 Å². The number of nitrogens with zero attached hydrogens (tertiary/aromatic N) is 2. The molecule has 0 saturated carbocycles. The number of halogens is 1. The molecule has 2 rings (SSSR count). The van der Waals surface area contributed by atoms with E-state index in [2.05, 4.69) is 0 Å². The minimum atomic E-state index is -3.38. The Balaban J connectivity index is 2.33. The van der Waals surface area contributed by atoms with E-state index in [1.165, 1.54) is 7.05 Å². The molecule has 0 bridgehead atoms. The van der Waals surface area contributed by atoms with Gasteiger partial charge in [-0.3, -0.25) is 4.79 Å². The number of anilines is 1. The zero-order valence-electron chi connectivity index (χ0n) is 12.6. The molecule has 21 heavy (non-hydrogen) atoms. The molecule has 1 heterocycles. The first-order valence-electron chi connectivity index (χ1n) is 6.55. The molecule has 1 aliphatic heterocycles. The predicted octanol–water partition coefficient (Wildman–Crippen LogP) is 1.86. The van der Waals surface area contributed by atoms with Gasteiger partial charge < -0.3 is 4.90 Å². The van der Waals surface area contributed by atoms with Gasteiger partial charge >= 0.3 is 0 Å². The van der Waals surface area contributed by atoms with Crippen LogP contribution in [0.2, 0.25) is 5.02 Å². The molecule has 1 aromatic rings. The lowest BCUT2D eigenvalue weighted by Crippen LogP contribution is -2.41. The number of rotatable bonds is 3. The highest BCUT2D eigenvalue weighted by Gasteiger charge is 2.39. The van der Waals surface area contributed by atoms with E-state index in [4.69, 9.17) is 11.6 Å². The fourth-order valence-electron chi connectivity index (χ4n) is 2.58. The number of sulfonamides is 1. The first-order chi connectivity index (χ1) is 9.54. The molecule has 0 spiro atoms. The van der Waals surface area contributed by atoms with Crippen molar-refractivity contribution in [3.63, 3.8) is 0 Å². The molecule has 0 atom stereocenters. The van der Waals surface area contributed by atoms with E-state index in [1.807, 2.05) is 19.9 Å². The molecule has 1 aliphatic rings. The van der Waals surface area contributed by atoms with E-state index in [0.29, 0.717) is 11.6 Å². The lowest BCUT2D eigenvalue weighted by atomic mass is 9.87. The van der Waals surface area contributed by atoms with Crippen LogP contribution in [0.4, 0.5) is 5.69 Å². The average molecular weight is 331 g/mol. The Labute approximate surface area is 130 Å². The lowest BCUT2D eigenvalue weighted by Gasteiger charge is -2.23. The quantitative estimate of drug-likeness (QED) is 0.850. The Morgan fingerprint density at radius 2 is 2.05 bits per heavy atom. The fraction of sp³-hybridized carbons (Fsp3) is 0.500. The van der Waals surface area contributed by atoms with Gasteiger partial charge in [0.05, 0.1) is 12.8 Å². The Bertz CT molecular complexity index is 685. The van der Waals surface area contributed by atoms with Crippen molar-refractivity contribution in [2.24, 2.45) is 0 Å². The van der Waals surface area contributed by atoms with Crippen LogP contribution >= 0.6 is 11.6 Å². The second-order valence-electron chi connectivity index (χ2n) is 6.02. The minimum Gasteiger partial charge on any atom is -0.310 e. The molecule has 0 N–H and O–H groups in total. The second kappa shape index (κ2) is 5.26. The first-order valence-corrected chi connectivity index (χ1v) is 8.77. The first kappa shape index (κ1) is 16.3. The normalized spacial score (nSPS) is 17.1. The van der Waals surface area contributed by atoms with Crippen LogP contribution in [0.15, 0.2) is 18.2 Å². The van der Waals surface area contributed by atoms with Crippen LogP contribution in [0.25, 0.3) is 0 Å². The summed E-state index contributed by atoms with van der Waals surface area (Å²) in [6.07, 6.45) is 1.08. The zero-order valence-corrected chi connectivity index (χ0v) is 14.1. The lowest BCUT2D eigenvalue weighted by molar-refractivity contribution is -0.118. The van der Waals surface area contributed by atoms with Crippen LogP contribution < -0.4 is 4.90 Å². The molecule has 0 unspecified atom stereocenters. The SMILES string of the molecule is CN(CC(=O)N1CC(C)(C)c2c(Cl)cccc21)S(C)(=O)=O. The highest BCUT2D eigenvalue weighted by atomic mass is 35.5. The Morgan fingerprint density at radius 1 is 1.43 bits per heavy atom. The third-order valence-electron chi connectivity index (χ3n) is 3.74. The number of amides is 1. The van der Waals surface area contributed by atoms with Crippen molar-refractivity contribution >= 4 is 33.2 Å². The minimum absolute atomic E-state index is 0.180. The number of carbonyl (C=O) groups excluding carboxylic acids is 1. The van der Waals surface area contributed by atoms with Gasteiger partial charge in [0.1, 0.15) is 0 Å². The summed E-state index contributed by atoms with van der Waals surface area (Å²) in [5.41, 5.74) is 1.44. The monoisotopic (exact) mass is 330 g/mol.